The molecule has 0 bridgehead atoms. The third-order valence-electron chi connectivity index (χ3n) is 5.12. The molecule has 1 aliphatic heterocycles. The van der Waals surface area contributed by atoms with Crippen LogP contribution in [0.5, 0.6) is 0 Å². The summed E-state index contributed by atoms with van der Waals surface area (Å²) in [5, 5.41) is 5.94. The Morgan fingerprint density at radius 2 is 1.61 bits per heavy atom. The van der Waals surface area contributed by atoms with Crippen LogP contribution in [0, 0.1) is 5.92 Å². The van der Waals surface area contributed by atoms with Gasteiger partial charge in [-0.3, -0.25) is 4.79 Å². The summed E-state index contributed by atoms with van der Waals surface area (Å²) in [6.45, 7) is 2.56. The van der Waals surface area contributed by atoms with Crippen molar-refractivity contribution in [3.05, 3.63) is 60.7 Å². The third kappa shape index (κ3) is 5.49. The van der Waals surface area contributed by atoms with E-state index in [1.54, 1.807) is 4.90 Å². The Morgan fingerprint density at radius 1 is 1.00 bits per heavy atom. The second-order valence-corrected chi connectivity index (χ2v) is 7.11. The van der Waals surface area contributed by atoms with Crippen LogP contribution in [-0.2, 0) is 4.79 Å². The predicted octanol–water partition coefficient (Wildman–Crippen LogP) is 3.18. The highest BCUT2D eigenvalue weighted by Gasteiger charge is 2.27. The van der Waals surface area contributed by atoms with Crippen molar-refractivity contribution in [3.8, 4) is 0 Å². The first-order chi connectivity index (χ1) is 13.6. The van der Waals surface area contributed by atoms with Crippen molar-refractivity contribution in [1.29, 1.82) is 0 Å². The number of urea groups is 1. The minimum Gasteiger partial charge on any atom is -0.373 e. The number of anilines is 2. The van der Waals surface area contributed by atoms with E-state index < -0.39 is 0 Å². The highest BCUT2D eigenvalue weighted by atomic mass is 16.2. The van der Waals surface area contributed by atoms with Gasteiger partial charge < -0.3 is 20.4 Å². The highest BCUT2D eigenvalue weighted by Crippen LogP contribution is 2.18. The van der Waals surface area contributed by atoms with Crippen LogP contribution in [0.1, 0.15) is 12.8 Å². The van der Waals surface area contributed by atoms with E-state index in [-0.39, 0.29) is 17.9 Å². The van der Waals surface area contributed by atoms with Gasteiger partial charge in [0.1, 0.15) is 0 Å². The highest BCUT2D eigenvalue weighted by molar-refractivity contribution is 5.89. The van der Waals surface area contributed by atoms with Crippen molar-refractivity contribution in [3.63, 3.8) is 0 Å². The molecule has 2 aromatic carbocycles. The zero-order valence-corrected chi connectivity index (χ0v) is 16.3. The molecule has 0 saturated carbocycles. The Hall–Kier alpha value is -3.02. The maximum atomic E-state index is 12.4. The van der Waals surface area contributed by atoms with Gasteiger partial charge in [-0.1, -0.05) is 36.4 Å². The van der Waals surface area contributed by atoms with Crippen LogP contribution in [0.15, 0.2) is 60.7 Å². The molecule has 2 N–H and O–H groups in total. The lowest BCUT2D eigenvalue weighted by atomic mass is 9.96. The first kappa shape index (κ1) is 19.7. The molecule has 1 heterocycles. The van der Waals surface area contributed by atoms with E-state index >= 15 is 0 Å². The Balaban J connectivity index is 1.37. The van der Waals surface area contributed by atoms with Crippen LogP contribution in [0.3, 0.4) is 0 Å². The number of benzene rings is 2. The Bertz CT molecular complexity index is 759. The second kappa shape index (κ2) is 9.78. The molecule has 148 valence electrons. The maximum absolute atomic E-state index is 12.4. The molecule has 1 saturated heterocycles. The monoisotopic (exact) mass is 380 g/mol. The van der Waals surface area contributed by atoms with Crippen LogP contribution in [0.25, 0.3) is 0 Å². The van der Waals surface area contributed by atoms with Crippen LogP contribution in [0.2, 0.25) is 0 Å². The summed E-state index contributed by atoms with van der Waals surface area (Å²) >= 11 is 0. The predicted molar refractivity (Wildman–Crippen MR) is 112 cm³/mol. The number of amides is 3. The molecule has 6 nitrogen and oxygen atoms in total. The van der Waals surface area contributed by atoms with Gasteiger partial charge in [0.05, 0.1) is 0 Å². The van der Waals surface area contributed by atoms with Crippen LogP contribution >= 0.6 is 0 Å². The van der Waals surface area contributed by atoms with E-state index in [0.29, 0.717) is 32.5 Å². The van der Waals surface area contributed by atoms with Crippen molar-refractivity contribution in [2.45, 2.75) is 12.8 Å². The summed E-state index contributed by atoms with van der Waals surface area (Å²) in [6, 6.07) is 19.4. The fourth-order valence-corrected chi connectivity index (χ4v) is 3.37. The number of likely N-dealkylation sites (tertiary alicyclic amines) is 1. The Morgan fingerprint density at radius 3 is 2.25 bits per heavy atom. The molecular formula is C22H28N4O2. The molecule has 3 rings (SSSR count). The molecule has 0 spiro atoms. The average molecular weight is 380 g/mol. The van der Waals surface area contributed by atoms with Gasteiger partial charge in [0.15, 0.2) is 0 Å². The molecule has 0 aliphatic carbocycles. The summed E-state index contributed by atoms with van der Waals surface area (Å²) in [5.41, 5.74) is 1.92. The summed E-state index contributed by atoms with van der Waals surface area (Å²) in [6.07, 6.45) is 1.39. The van der Waals surface area contributed by atoms with Crippen molar-refractivity contribution in [1.82, 2.24) is 10.2 Å². The van der Waals surface area contributed by atoms with Gasteiger partial charge in [0, 0.05) is 50.5 Å². The van der Waals surface area contributed by atoms with E-state index in [2.05, 4.69) is 27.7 Å². The molecule has 1 aliphatic rings. The van der Waals surface area contributed by atoms with Gasteiger partial charge in [0.25, 0.3) is 0 Å². The number of rotatable bonds is 6. The Kier molecular flexibility index (Phi) is 6.89. The van der Waals surface area contributed by atoms with Gasteiger partial charge in [-0.25, -0.2) is 4.79 Å². The lowest BCUT2D eigenvalue weighted by molar-refractivity contribution is -0.126. The average Bonchev–Trinajstić information content (AvgIpc) is 2.75. The summed E-state index contributed by atoms with van der Waals surface area (Å²) in [4.78, 5) is 28.7. The maximum Gasteiger partial charge on any atom is 0.321 e. The van der Waals surface area contributed by atoms with E-state index in [1.807, 2.05) is 55.6 Å². The standard InChI is InChI=1S/C22H28N4O2/c1-25(20-10-6-3-7-11-20)17-14-23-21(27)18-12-15-26(16-13-18)22(28)24-19-8-4-2-5-9-19/h2-11,18H,12-17H2,1H3,(H,23,27)(H,24,28). The molecule has 3 amide bonds. The first-order valence-corrected chi connectivity index (χ1v) is 9.78. The van der Waals surface area contributed by atoms with Crippen molar-refractivity contribution in [2.75, 3.05) is 43.4 Å². The fraction of sp³-hybridized carbons (Fsp3) is 0.364. The topological polar surface area (TPSA) is 64.7 Å². The summed E-state index contributed by atoms with van der Waals surface area (Å²) in [5.74, 6) is 0.0624. The zero-order chi connectivity index (χ0) is 19.8. The third-order valence-corrected chi connectivity index (χ3v) is 5.12. The molecule has 0 atom stereocenters. The smallest absolute Gasteiger partial charge is 0.321 e. The van der Waals surface area contributed by atoms with Crippen molar-refractivity contribution in [2.24, 2.45) is 5.92 Å². The second-order valence-electron chi connectivity index (χ2n) is 7.11. The first-order valence-electron chi connectivity index (χ1n) is 9.78. The van der Waals surface area contributed by atoms with Crippen LogP contribution in [0.4, 0.5) is 16.2 Å². The largest absolute Gasteiger partial charge is 0.373 e. The Labute approximate surface area is 166 Å². The van der Waals surface area contributed by atoms with Crippen LogP contribution in [-0.4, -0.2) is 50.1 Å². The SMILES string of the molecule is CN(CCNC(=O)C1CCN(C(=O)Nc2ccccc2)CC1)c1ccccc1. The molecule has 0 radical (unpaired) electrons. The molecule has 28 heavy (non-hydrogen) atoms. The minimum atomic E-state index is -0.102. The van der Waals surface area contributed by atoms with Gasteiger partial charge in [0.2, 0.25) is 5.91 Å². The number of nitrogens with zero attached hydrogens (tertiary/aromatic N) is 2. The summed E-state index contributed by atoms with van der Waals surface area (Å²) < 4.78 is 0. The number of hydrogen-bond acceptors (Lipinski definition) is 3. The lowest BCUT2D eigenvalue weighted by Crippen LogP contribution is -2.45. The lowest BCUT2D eigenvalue weighted by Gasteiger charge is -2.31. The number of hydrogen-bond donors (Lipinski definition) is 2. The minimum absolute atomic E-state index is 0.0252. The normalized spacial score (nSPS) is 14.4. The van der Waals surface area contributed by atoms with Gasteiger partial charge in [-0.05, 0) is 37.1 Å². The van der Waals surface area contributed by atoms with Crippen molar-refractivity contribution < 1.29 is 9.59 Å². The molecule has 2 aromatic rings. The number of nitrogens with one attached hydrogen (secondary N) is 2. The van der Waals surface area contributed by atoms with Gasteiger partial charge in [-0.2, -0.15) is 0 Å². The number of para-hydroxylation sites is 2. The number of carbonyl (C=O) groups excluding carboxylic acids is 2. The van der Waals surface area contributed by atoms with E-state index in [4.69, 9.17) is 0 Å². The number of piperidine rings is 1. The quantitative estimate of drug-likeness (QED) is 0.809. The summed E-state index contributed by atoms with van der Waals surface area (Å²) in [7, 11) is 2.02. The number of likely N-dealkylation sites (N-methyl/N-ethyl adjacent to an activating group) is 1. The molecule has 1 fully saturated rings. The van der Waals surface area contributed by atoms with E-state index in [1.165, 1.54) is 0 Å². The van der Waals surface area contributed by atoms with Crippen molar-refractivity contribution >= 4 is 23.3 Å². The molecular weight excluding hydrogens is 352 g/mol. The zero-order valence-electron chi connectivity index (χ0n) is 16.3. The molecule has 6 heteroatoms. The fourth-order valence-electron chi connectivity index (χ4n) is 3.37. The number of carbonyl (C=O) groups is 2. The van der Waals surface area contributed by atoms with Gasteiger partial charge >= 0.3 is 6.03 Å². The van der Waals surface area contributed by atoms with Gasteiger partial charge in [-0.15, -0.1) is 0 Å². The van der Waals surface area contributed by atoms with E-state index in [9.17, 15) is 9.59 Å². The molecule has 0 unspecified atom stereocenters. The van der Waals surface area contributed by atoms with Crippen LogP contribution < -0.4 is 15.5 Å². The molecule has 0 aromatic heterocycles. The van der Waals surface area contributed by atoms with E-state index in [0.717, 1.165) is 17.9 Å².